The van der Waals surface area contributed by atoms with E-state index in [0.717, 1.165) is 5.39 Å². The van der Waals surface area contributed by atoms with E-state index in [1.165, 1.54) is 4.70 Å². The third-order valence-corrected chi connectivity index (χ3v) is 4.07. The van der Waals surface area contributed by atoms with E-state index in [-0.39, 0.29) is 5.78 Å². The summed E-state index contributed by atoms with van der Waals surface area (Å²) >= 11 is 1.70. The molecule has 20 heavy (non-hydrogen) atoms. The van der Waals surface area contributed by atoms with Gasteiger partial charge in [-0.1, -0.05) is 12.1 Å². The van der Waals surface area contributed by atoms with Gasteiger partial charge in [-0.15, -0.1) is 11.3 Å². The standard InChI is InChI=1S/C16H14NO2S/c1-19-14-4-2-3-12(9-14)15(18)11-17-7-5-16-13(10-17)6-8-20-16/h2-10H,11H2,1H3/q+1. The number of pyridine rings is 1. The molecule has 0 unspecified atom stereocenters. The minimum atomic E-state index is 0.0727. The lowest BCUT2D eigenvalue weighted by Crippen LogP contribution is -2.37. The predicted molar refractivity (Wildman–Crippen MR) is 79.3 cm³/mol. The molecular formula is C16H14NO2S+. The van der Waals surface area contributed by atoms with Gasteiger partial charge in [0.1, 0.15) is 5.75 Å². The highest BCUT2D eigenvalue weighted by molar-refractivity contribution is 7.17. The van der Waals surface area contributed by atoms with Crippen LogP contribution in [0.5, 0.6) is 5.75 Å². The molecule has 0 radical (unpaired) electrons. The van der Waals surface area contributed by atoms with Crippen LogP contribution < -0.4 is 9.30 Å². The van der Waals surface area contributed by atoms with Gasteiger partial charge < -0.3 is 4.74 Å². The monoisotopic (exact) mass is 284 g/mol. The number of fused-ring (bicyclic) bond motifs is 1. The van der Waals surface area contributed by atoms with E-state index in [1.54, 1.807) is 24.5 Å². The fourth-order valence-electron chi connectivity index (χ4n) is 2.11. The van der Waals surface area contributed by atoms with Gasteiger partial charge >= 0.3 is 0 Å². The summed E-state index contributed by atoms with van der Waals surface area (Å²) in [6, 6.07) is 11.4. The Morgan fingerprint density at radius 1 is 1.30 bits per heavy atom. The van der Waals surface area contributed by atoms with Crippen LogP contribution in [0.4, 0.5) is 0 Å². The van der Waals surface area contributed by atoms with Crippen LogP contribution in [0.1, 0.15) is 10.4 Å². The first kappa shape index (κ1) is 12.8. The Morgan fingerprint density at radius 3 is 3.05 bits per heavy atom. The number of thiophene rings is 1. The number of ether oxygens (including phenoxy) is 1. The van der Waals surface area contributed by atoms with E-state index in [1.807, 2.05) is 41.2 Å². The van der Waals surface area contributed by atoms with Crippen LogP contribution in [0.3, 0.4) is 0 Å². The molecule has 2 aromatic heterocycles. The first-order valence-corrected chi connectivity index (χ1v) is 7.18. The van der Waals surface area contributed by atoms with Crippen LogP contribution in [0.15, 0.2) is 54.2 Å². The molecule has 0 bridgehead atoms. The average molecular weight is 284 g/mol. The molecule has 1 aromatic carbocycles. The molecule has 100 valence electrons. The summed E-state index contributed by atoms with van der Waals surface area (Å²) < 4.78 is 8.29. The lowest BCUT2D eigenvalue weighted by atomic mass is 10.1. The maximum atomic E-state index is 12.3. The Bertz CT molecular complexity index is 764. The minimum absolute atomic E-state index is 0.0727. The number of rotatable bonds is 4. The van der Waals surface area contributed by atoms with Gasteiger partial charge in [-0.25, -0.2) is 0 Å². The number of hydrogen-bond donors (Lipinski definition) is 0. The lowest BCUT2D eigenvalue weighted by molar-refractivity contribution is -0.681. The van der Waals surface area contributed by atoms with Gasteiger partial charge in [0.15, 0.2) is 12.4 Å². The second-order valence-electron chi connectivity index (χ2n) is 4.51. The summed E-state index contributed by atoms with van der Waals surface area (Å²) in [5.74, 6) is 0.776. The number of benzene rings is 1. The Kier molecular flexibility index (Phi) is 3.48. The summed E-state index contributed by atoms with van der Waals surface area (Å²) in [6.07, 6.45) is 3.95. The molecule has 3 rings (SSSR count). The van der Waals surface area contributed by atoms with Crippen molar-refractivity contribution in [3.8, 4) is 5.75 Å². The van der Waals surface area contributed by atoms with Gasteiger partial charge in [0.2, 0.25) is 12.3 Å². The number of methoxy groups -OCH3 is 1. The molecule has 0 saturated heterocycles. The van der Waals surface area contributed by atoms with Crippen molar-refractivity contribution in [1.29, 1.82) is 0 Å². The van der Waals surface area contributed by atoms with Crippen molar-refractivity contribution in [2.24, 2.45) is 0 Å². The van der Waals surface area contributed by atoms with Crippen LogP contribution in [-0.4, -0.2) is 12.9 Å². The van der Waals surface area contributed by atoms with Crippen LogP contribution in [0, 0.1) is 0 Å². The Hall–Kier alpha value is -2.20. The molecule has 4 heteroatoms. The highest BCUT2D eigenvalue weighted by Gasteiger charge is 2.13. The smallest absolute Gasteiger partial charge is 0.227 e. The van der Waals surface area contributed by atoms with Crippen molar-refractivity contribution >= 4 is 27.2 Å². The Balaban J connectivity index is 1.83. The zero-order chi connectivity index (χ0) is 13.9. The second-order valence-corrected chi connectivity index (χ2v) is 5.46. The third kappa shape index (κ3) is 2.56. The van der Waals surface area contributed by atoms with Crippen molar-refractivity contribution in [2.45, 2.75) is 6.54 Å². The lowest BCUT2D eigenvalue weighted by Gasteiger charge is -2.02. The normalized spacial score (nSPS) is 10.7. The number of aromatic nitrogens is 1. The van der Waals surface area contributed by atoms with E-state index in [4.69, 9.17) is 4.74 Å². The topological polar surface area (TPSA) is 30.2 Å². The molecule has 0 aliphatic heterocycles. The van der Waals surface area contributed by atoms with Gasteiger partial charge in [-0.05, 0) is 23.6 Å². The van der Waals surface area contributed by atoms with E-state index < -0.39 is 0 Å². The van der Waals surface area contributed by atoms with Crippen LogP contribution in [0.25, 0.3) is 10.1 Å². The van der Waals surface area contributed by atoms with Gasteiger partial charge in [0, 0.05) is 16.3 Å². The van der Waals surface area contributed by atoms with Gasteiger partial charge in [0.25, 0.3) is 0 Å². The minimum Gasteiger partial charge on any atom is -0.497 e. The van der Waals surface area contributed by atoms with Crippen molar-refractivity contribution in [1.82, 2.24) is 0 Å². The van der Waals surface area contributed by atoms with Crippen LogP contribution in [0.2, 0.25) is 0 Å². The fourth-order valence-corrected chi connectivity index (χ4v) is 2.87. The Morgan fingerprint density at radius 2 is 2.20 bits per heavy atom. The number of Topliss-reactive ketones (excluding diaryl/α,β-unsaturated/α-hetero) is 1. The van der Waals surface area contributed by atoms with Crippen LogP contribution >= 0.6 is 11.3 Å². The summed E-state index contributed by atoms with van der Waals surface area (Å²) in [4.78, 5) is 12.3. The van der Waals surface area contributed by atoms with Crippen molar-refractivity contribution in [2.75, 3.05) is 7.11 Å². The third-order valence-electron chi connectivity index (χ3n) is 3.17. The number of hydrogen-bond acceptors (Lipinski definition) is 3. The van der Waals surface area contributed by atoms with Gasteiger partial charge in [-0.2, -0.15) is 4.57 Å². The zero-order valence-electron chi connectivity index (χ0n) is 11.1. The number of carbonyl (C=O) groups excluding carboxylic acids is 1. The van der Waals surface area contributed by atoms with E-state index in [0.29, 0.717) is 17.9 Å². The number of carbonyl (C=O) groups is 1. The molecule has 0 aliphatic carbocycles. The predicted octanol–water partition coefficient (Wildman–Crippen LogP) is 3.08. The largest absolute Gasteiger partial charge is 0.497 e. The summed E-state index contributed by atoms with van der Waals surface area (Å²) in [5, 5.41) is 3.22. The number of ketones is 1. The van der Waals surface area contributed by atoms with E-state index in [9.17, 15) is 4.79 Å². The van der Waals surface area contributed by atoms with Gasteiger partial charge in [-0.3, -0.25) is 4.79 Å². The molecule has 0 spiro atoms. The highest BCUT2D eigenvalue weighted by atomic mass is 32.1. The fraction of sp³-hybridized carbons (Fsp3) is 0.125. The van der Waals surface area contributed by atoms with Gasteiger partial charge in [0.05, 0.1) is 12.5 Å². The quantitative estimate of drug-likeness (QED) is 0.544. The Labute approximate surface area is 121 Å². The molecule has 0 aliphatic rings. The second kappa shape index (κ2) is 5.43. The zero-order valence-corrected chi connectivity index (χ0v) is 11.9. The SMILES string of the molecule is COc1cccc(C(=O)C[n+]2ccc3sccc3c2)c1. The molecule has 0 saturated carbocycles. The number of nitrogens with zero attached hydrogens (tertiary/aromatic N) is 1. The molecule has 0 N–H and O–H groups in total. The summed E-state index contributed by atoms with van der Waals surface area (Å²) in [5.41, 5.74) is 0.669. The molecular weight excluding hydrogens is 270 g/mol. The van der Waals surface area contributed by atoms with Crippen molar-refractivity contribution in [3.05, 3.63) is 59.7 Å². The molecule has 0 atom stereocenters. The molecule has 3 aromatic rings. The van der Waals surface area contributed by atoms with Crippen LogP contribution in [-0.2, 0) is 6.54 Å². The maximum absolute atomic E-state index is 12.3. The average Bonchev–Trinajstić information content (AvgIpc) is 2.95. The summed E-state index contributed by atoms with van der Waals surface area (Å²) in [6.45, 7) is 0.332. The summed E-state index contributed by atoms with van der Waals surface area (Å²) in [7, 11) is 1.60. The molecule has 3 nitrogen and oxygen atoms in total. The first-order chi connectivity index (χ1) is 9.76. The first-order valence-electron chi connectivity index (χ1n) is 6.30. The highest BCUT2D eigenvalue weighted by Crippen LogP contribution is 2.18. The van der Waals surface area contributed by atoms with Crippen molar-refractivity contribution in [3.63, 3.8) is 0 Å². The van der Waals surface area contributed by atoms with E-state index in [2.05, 4.69) is 11.4 Å². The van der Waals surface area contributed by atoms with E-state index >= 15 is 0 Å². The molecule has 0 amide bonds. The molecule has 2 heterocycles. The van der Waals surface area contributed by atoms with Crippen molar-refractivity contribution < 1.29 is 14.1 Å². The maximum Gasteiger partial charge on any atom is 0.227 e. The molecule has 0 fully saturated rings.